The van der Waals surface area contributed by atoms with Gasteiger partial charge in [-0.3, -0.25) is 0 Å². The minimum atomic E-state index is -0.893. The van der Waals surface area contributed by atoms with Gasteiger partial charge in [0, 0.05) is 11.9 Å². The third-order valence-corrected chi connectivity index (χ3v) is 3.46. The molecular formula is C16H30CeO4. The molecule has 0 heterocycles. The van der Waals surface area contributed by atoms with Gasteiger partial charge in [0.2, 0.25) is 0 Å². The summed E-state index contributed by atoms with van der Waals surface area (Å²) in [5.74, 6) is -2.23. The predicted octanol–water partition coefficient (Wildman–Crippen LogP) is 1.91. The van der Waals surface area contributed by atoms with Crippen molar-refractivity contribution in [3.8, 4) is 0 Å². The largest absolute Gasteiger partial charge is 2.00 e. The summed E-state index contributed by atoms with van der Waals surface area (Å²) in [7, 11) is 0. The molecule has 0 aliphatic rings. The molecular weight excluding hydrogens is 396 g/mol. The zero-order valence-electron chi connectivity index (χ0n) is 13.9. The van der Waals surface area contributed by atoms with Crippen molar-refractivity contribution in [2.45, 2.75) is 79.1 Å². The molecule has 0 aromatic heterocycles. The van der Waals surface area contributed by atoms with E-state index in [2.05, 4.69) is 13.8 Å². The van der Waals surface area contributed by atoms with Crippen molar-refractivity contribution in [1.29, 1.82) is 0 Å². The maximum atomic E-state index is 10.3. The van der Waals surface area contributed by atoms with Gasteiger partial charge in [-0.15, -0.1) is 0 Å². The second kappa shape index (κ2) is 18.4. The van der Waals surface area contributed by atoms with Crippen molar-refractivity contribution in [3.63, 3.8) is 0 Å². The maximum Gasteiger partial charge on any atom is 2.00 e. The zero-order chi connectivity index (χ0) is 16.0. The van der Waals surface area contributed by atoms with E-state index in [1.54, 1.807) is 0 Å². The summed E-state index contributed by atoms with van der Waals surface area (Å²) >= 11 is 0. The number of carbonyl (C=O) groups excluding carboxylic acids is 2. The van der Waals surface area contributed by atoms with Gasteiger partial charge in [0.25, 0.3) is 0 Å². The molecule has 2 unspecified atom stereocenters. The molecule has 0 aliphatic carbocycles. The van der Waals surface area contributed by atoms with E-state index in [9.17, 15) is 19.8 Å². The number of hydrogen-bond donors (Lipinski definition) is 0. The van der Waals surface area contributed by atoms with Crippen LogP contribution in [0.1, 0.15) is 79.1 Å². The van der Waals surface area contributed by atoms with Crippen LogP contribution in [0.5, 0.6) is 0 Å². The van der Waals surface area contributed by atoms with Gasteiger partial charge in [-0.25, -0.2) is 0 Å². The standard InChI is InChI=1S/2C8H16O2.Ce/c2*1-3-5-6-7(4-2)8(9)10;/h2*7H,3-6H2,1-2H3,(H,9,10);/q;;+2/p-2. The Bertz CT molecular complexity index is 231. The van der Waals surface area contributed by atoms with E-state index in [0.29, 0.717) is 12.8 Å². The number of aliphatic carboxylic acids is 2. The summed E-state index contributed by atoms with van der Waals surface area (Å²) in [6, 6.07) is 0. The quantitative estimate of drug-likeness (QED) is 0.534. The van der Waals surface area contributed by atoms with Crippen LogP contribution in [0.4, 0.5) is 0 Å². The van der Waals surface area contributed by atoms with Gasteiger partial charge in [0.1, 0.15) is 0 Å². The van der Waals surface area contributed by atoms with Crippen LogP contribution < -0.4 is 10.2 Å². The molecule has 0 N–H and O–H groups in total. The van der Waals surface area contributed by atoms with E-state index in [0.717, 1.165) is 38.5 Å². The predicted molar refractivity (Wildman–Crippen MR) is 76.6 cm³/mol. The molecule has 4 nitrogen and oxygen atoms in total. The van der Waals surface area contributed by atoms with Crippen molar-refractivity contribution < 1.29 is 61.5 Å². The molecule has 0 radical (unpaired) electrons. The topological polar surface area (TPSA) is 80.3 Å². The fraction of sp³-hybridized carbons (Fsp3) is 0.875. The fourth-order valence-corrected chi connectivity index (χ4v) is 1.88. The molecule has 0 fully saturated rings. The van der Waals surface area contributed by atoms with Gasteiger partial charge >= 0.3 is 41.7 Å². The number of carbonyl (C=O) groups is 2. The number of carboxylic acid groups (broad SMARTS) is 2. The van der Waals surface area contributed by atoms with E-state index in [1.165, 1.54) is 0 Å². The molecule has 0 aliphatic heterocycles. The first-order valence-corrected chi connectivity index (χ1v) is 7.86. The van der Waals surface area contributed by atoms with Gasteiger partial charge < -0.3 is 19.8 Å². The van der Waals surface area contributed by atoms with E-state index in [-0.39, 0.29) is 53.6 Å². The Morgan fingerprint density at radius 3 is 1.19 bits per heavy atom. The molecule has 0 aromatic rings. The van der Waals surface area contributed by atoms with E-state index < -0.39 is 11.9 Å². The Morgan fingerprint density at radius 2 is 1.05 bits per heavy atom. The summed E-state index contributed by atoms with van der Waals surface area (Å²) in [5.41, 5.74) is 0. The van der Waals surface area contributed by atoms with Crippen LogP contribution >= 0.6 is 0 Å². The molecule has 0 bridgehead atoms. The molecule has 5 heteroatoms. The molecule has 0 aromatic carbocycles. The van der Waals surface area contributed by atoms with Crippen molar-refractivity contribution in [2.24, 2.45) is 11.8 Å². The molecule has 0 spiro atoms. The van der Waals surface area contributed by atoms with E-state index in [4.69, 9.17) is 0 Å². The molecule has 0 saturated carbocycles. The molecule has 122 valence electrons. The SMILES string of the molecule is CCCCC(CC)C(=O)[O-].CCCCC(CC)C(=O)[O-].[Ce+2]. The maximum absolute atomic E-state index is 10.3. The van der Waals surface area contributed by atoms with Gasteiger partial charge in [-0.2, -0.15) is 0 Å². The van der Waals surface area contributed by atoms with Crippen LogP contribution in [0.25, 0.3) is 0 Å². The second-order valence-corrected chi connectivity index (χ2v) is 5.13. The first-order chi connectivity index (χ1) is 9.44. The van der Waals surface area contributed by atoms with Crippen molar-refractivity contribution in [2.75, 3.05) is 0 Å². The second-order valence-electron chi connectivity index (χ2n) is 5.13. The average Bonchev–Trinajstić information content (AvgIpc) is 2.40. The summed E-state index contributed by atoms with van der Waals surface area (Å²) in [6.45, 7) is 7.89. The number of hydrogen-bond acceptors (Lipinski definition) is 4. The zero-order valence-corrected chi connectivity index (χ0v) is 17.1. The van der Waals surface area contributed by atoms with E-state index >= 15 is 0 Å². The van der Waals surface area contributed by atoms with Crippen LogP contribution in [0, 0.1) is 53.6 Å². The van der Waals surface area contributed by atoms with Crippen molar-refractivity contribution in [3.05, 3.63) is 0 Å². The molecule has 0 rings (SSSR count). The molecule has 0 saturated heterocycles. The van der Waals surface area contributed by atoms with Gasteiger partial charge in [-0.1, -0.05) is 53.4 Å². The minimum Gasteiger partial charge on any atom is -0.550 e. The van der Waals surface area contributed by atoms with Crippen LogP contribution in [0.3, 0.4) is 0 Å². The van der Waals surface area contributed by atoms with E-state index in [1.807, 2.05) is 13.8 Å². The summed E-state index contributed by atoms with van der Waals surface area (Å²) in [6.07, 6.45) is 7.04. The molecule has 21 heavy (non-hydrogen) atoms. The van der Waals surface area contributed by atoms with Crippen LogP contribution in [0.2, 0.25) is 0 Å². The Morgan fingerprint density at radius 1 is 0.762 bits per heavy atom. The van der Waals surface area contributed by atoms with Gasteiger partial charge in [0.05, 0.1) is 0 Å². The first-order valence-electron chi connectivity index (χ1n) is 7.86. The molecule has 0 amide bonds. The number of unbranched alkanes of at least 4 members (excludes halogenated alkanes) is 2. The normalized spacial score (nSPS) is 12.4. The summed E-state index contributed by atoms with van der Waals surface area (Å²) < 4.78 is 0. The smallest absolute Gasteiger partial charge is 0.550 e. The molecule has 2 atom stereocenters. The van der Waals surface area contributed by atoms with Crippen LogP contribution in [0.15, 0.2) is 0 Å². The van der Waals surface area contributed by atoms with Gasteiger partial charge in [-0.05, 0) is 37.5 Å². The average molecular weight is 427 g/mol. The van der Waals surface area contributed by atoms with Crippen molar-refractivity contribution in [1.82, 2.24) is 0 Å². The Balaban J connectivity index is -0.000000295. The van der Waals surface area contributed by atoms with Crippen LogP contribution in [-0.2, 0) is 9.59 Å². The van der Waals surface area contributed by atoms with Gasteiger partial charge in [0.15, 0.2) is 0 Å². The monoisotopic (exact) mass is 426 g/mol. The third-order valence-electron chi connectivity index (χ3n) is 3.46. The Labute approximate surface area is 163 Å². The first kappa shape index (κ1) is 26.2. The Hall–Kier alpha value is 0.317. The third kappa shape index (κ3) is 16.5. The van der Waals surface area contributed by atoms with Crippen molar-refractivity contribution >= 4 is 11.9 Å². The summed E-state index contributed by atoms with van der Waals surface area (Å²) in [4.78, 5) is 20.7. The fourth-order valence-electron chi connectivity index (χ4n) is 1.88. The minimum absolute atomic E-state index is 0. The Kier molecular flexibility index (Phi) is 22.9. The number of rotatable bonds is 10. The summed E-state index contributed by atoms with van der Waals surface area (Å²) in [5, 5.41) is 20.7. The number of carboxylic acids is 2. The van der Waals surface area contributed by atoms with Crippen LogP contribution in [-0.4, -0.2) is 11.9 Å².